The number of halogens is 4. The molecule has 2 heterocycles. The van der Waals surface area contributed by atoms with E-state index in [1.165, 1.54) is 12.3 Å². The number of hydrogen-bond acceptors (Lipinski definition) is 4. The highest BCUT2D eigenvalue weighted by Crippen LogP contribution is 2.53. The summed E-state index contributed by atoms with van der Waals surface area (Å²) in [5.74, 6) is -0.259. The molecule has 4 nitrogen and oxygen atoms in total. The molecule has 0 amide bonds. The molecule has 0 atom stereocenters. The van der Waals surface area contributed by atoms with Crippen LogP contribution < -0.4 is 9.47 Å². The van der Waals surface area contributed by atoms with E-state index in [0.717, 1.165) is 0 Å². The fraction of sp³-hybridized carbons (Fsp3) is 0.0833. The maximum atomic E-state index is 12.1. The molecule has 1 aromatic carbocycles. The van der Waals surface area contributed by atoms with Crippen LogP contribution in [0.5, 0.6) is 11.5 Å². The number of rotatable bonds is 2. The van der Waals surface area contributed by atoms with Gasteiger partial charge in [-0.2, -0.15) is 0 Å². The number of carbonyl (C=O) groups is 1. The molecule has 104 valence electrons. The van der Waals surface area contributed by atoms with Gasteiger partial charge in [-0.1, -0.05) is 46.4 Å². The molecule has 3 rings (SSSR count). The van der Waals surface area contributed by atoms with E-state index >= 15 is 0 Å². The smallest absolute Gasteiger partial charge is 0.309 e. The van der Waals surface area contributed by atoms with Crippen LogP contribution in [0.4, 0.5) is 0 Å². The molecule has 8 heteroatoms. The molecule has 0 bridgehead atoms. The normalized spacial score (nSPS) is 13.8. The Morgan fingerprint density at radius 3 is 1.95 bits per heavy atom. The topological polar surface area (TPSA) is 48.7 Å². The van der Waals surface area contributed by atoms with Gasteiger partial charge in [0.05, 0.1) is 16.3 Å². The lowest BCUT2D eigenvalue weighted by Crippen LogP contribution is -2.28. The van der Waals surface area contributed by atoms with Gasteiger partial charge < -0.3 is 13.9 Å². The van der Waals surface area contributed by atoms with Crippen molar-refractivity contribution < 1.29 is 18.7 Å². The van der Waals surface area contributed by atoms with Gasteiger partial charge in [-0.25, -0.2) is 0 Å². The van der Waals surface area contributed by atoms with Crippen molar-refractivity contribution in [3.05, 3.63) is 44.2 Å². The van der Waals surface area contributed by atoms with E-state index in [1.54, 1.807) is 6.07 Å². The van der Waals surface area contributed by atoms with Crippen molar-refractivity contribution in [1.82, 2.24) is 0 Å². The fourth-order valence-electron chi connectivity index (χ4n) is 1.68. The molecule has 2 aromatic rings. The quantitative estimate of drug-likeness (QED) is 0.439. The number of ether oxygens (including phenoxy) is 2. The molecule has 1 aliphatic heterocycles. The predicted molar refractivity (Wildman–Crippen MR) is 74.6 cm³/mol. The van der Waals surface area contributed by atoms with Crippen LogP contribution in [0, 0.1) is 0 Å². The first-order valence-electron chi connectivity index (χ1n) is 5.27. The van der Waals surface area contributed by atoms with Gasteiger partial charge >= 0.3 is 6.29 Å². The van der Waals surface area contributed by atoms with Crippen LogP contribution in [0.3, 0.4) is 0 Å². The third-order valence-electron chi connectivity index (χ3n) is 2.61. The number of furan rings is 1. The molecule has 0 aliphatic carbocycles. The van der Waals surface area contributed by atoms with E-state index in [-0.39, 0.29) is 37.3 Å². The van der Waals surface area contributed by atoms with Crippen molar-refractivity contribution in [3.63, 3.8) is 0 Å². The zero-order chi connectivity index (χ0) is 14.4. The summed E-state index contributed by atoms with van der Waals surface area (Å²) >= 11 is 23.8. The Balaban J connectivity index is 1.99. The summed E-state index contributed by atoms with van der Waals surface area (Å²) in [6, 6.07) is 3.06. The van der Waals surface area contributed by atoms with Crippen molar-refractivity contribution in [3.8, 4) is 11.5 Å². The Hall–Kier alpha value is -1.07. The minimum Gasteiger partial charge on any atom is -0.461 e. The van der Waals surface area contributed by atoms with Crippen molar-refractivity contribution >= 4 is 52.2 Å². The van der Waals surface area contributed by atoms with E-state index in [4.69, 9.17) is 60.3 Å². The van der Waals surface area contributed by atoms with Gasteiger partial charge in [-0.05, 0) is 12.1 Å². The van der Waals surface area contributed by atoms with Crippen LogP contribution in [0.2, 0.25) is 20.1 Å². The standard InChI is InChI=1S/C12H4Cl4O4/c13-5-6(14)8(16)11-10(7(5)15)19-12(20-11)9(17)4-2-1-3-18-4/h1-3,12H. The highest BCUT2D eigenvalue weighted by Gasteiger charge is 2.38. The Labute approximate surface area is 133 Å². The van der Waals surface area contributed by atoms with Crippen LogP contribution in [-0.2, 0) is 0 Å². The van der Waals surface area contributed by atoms with Gasteiger partial charge in [-0.3, -0.25) is 4.79 Å². The van der Waals surface area contributed by atoms with Gasteiger partial charge in [0.1, 0.15) is 10.0 Å². The monoisotopic (exact) mass is 352 g/mol. The molecular formula is C12H4Cl4O4. The molecule has 0 spiro atoms. The lowest BCUT2D eigenvalue weighted by molar-refractivity contribution is 0.0346. The van der Waals surface area contributed by atoms with E-state index in [0.29, 0.717) is 0 Å². The highest BCUT2D eigenvalue weighted by atomic mass is 35.5. The van der Waals surface area contributed by atoms with E-state index in [1.807, 2.05) is 0 Å². The first kappa shape index (κ1) is 13.9. The van der Waals surface area contributed by atoms with Crippen LogP contribution in [-0.4, -0.2) is 12.1 Å². The van der Waals surface area contributed by atoms with Gasteiger partial charge in [-0.15, -0.1) is 0 Å². The van der Waals surface area contributed by atoms with Crippen molar-refractivity contribution in [1.29, 1.82) is 0 Å². The van der Waals surface area contributed by atoms with Crippen molar-refractivity contribution in [2.24, 2.45) is 0 Å². The molecule has 0 N–H and O–H groups in total. The number of hydrogen-bond donors (Lipinski definition) is 0. The first-order valence-corrected chi connectivity index (χ1v) is 6.79. The molecule has 20 heavy (non-hydrogen) atoms. The van der Waals surface area contributed by atoms with Gasteiger partial charge in [0, 0.05) is 0 Å². The lowest BCUT2D eigenvalue weighted by atomic mass is 10.3. The van der Waals surface area contributed by atoms with E-state index < -0.39 is 12.1 Å². The predicted octanol–water partition coefficient (Wildman–Crippen LogP) is 4.87. The fourth-order valence-corrected chi connectivity index (χ4v) is 2.59. The SMILES string of the molecule is O=C(c1ccco1)C1Oc2c(Cl)c(Cl)c(Cl)c(Cl)c2O1. The van der Waals surface area contributed by atoms with Gasteiger partial charge in [0.2, 0.25) is 0 Å². The molecule has 1 aromatic heterocycles. The van der Waals surface area contributed by atoms with Crippen molar-refractivity contribution in [2.75, 3.05) is 0 Å². The second-order valence-corrected chi connectivity index (χ2v) is 5.34. The minimum absolute atomic E-state index is 0.0332. The average molecular weight is 354 g/mol. The molecule has 0 fully saturated rings. The minimum atomic E-state index is -1.25. The first-order chi connectivity index (χ1) is 9.50. The third-order valence-corrected chi connectivity index (χ3v) is 4.38. The summed E-state index contributed by atoms with van der Waals surface area (Å²) in [7, 11) is 0. The van der Waals surface area contributed by atoms with E-state index in [2.05, 4.69) is 0 Å². The molecule has 0 radical (unpaired) electrons. The molecule has 0 unspecified atom stereocenters. The Morgan fingerprint density at radius 2 is 1.50 bits per heavy atom. The summed E-state index contributed by atoms with van der Waals surface area (Å²) < 4.78 is 15.7. The zero-order valence-corrected chi connectivity index (χ0v) is 12.5. The third kappa shape index (κ3) is 2.04. The van der Waals surface area contributed by atoms with Gasteiger partial charge in [0.25, 0.3) is 5.78 Å². The van der Waals surface area contributed by atoms with Crippen LogP contribution in [0.25, 0.3) is 0 Å². The number of carbonyl (C=O) groups excluding carboxylic acids is 1. The summed E-state index contributed by atoms with van der Waals surface area (Å²) in [5.41, 5.74) is 0. The Morgan fingerprint density at radius 1 is 0.950 bits per heavy atom. The Kier molecular flexibility index (Phi) is 3.50. The maximum Gasteiger partial charge on any atom is 0.309 e. The summed E-state index contributed by atoms with van der Waals surface area (Å²) in [6.45, 7) is 0. The number of fused-ring (bicyclic) bond motifs is 1. The largest absolute Gasteiger partial charge is 0.461 e. The second kappa shape index (κ2) is 5.04. The molecule has 0 saturated heterocycles. The zero-order valence-electron chi connectivity index (χ0n) is 9.45. The van der Waals surface area contributed by atoms with Crippen LogP contribution in [0.15, 0.2) is 22.8 Å². The average Bonchev–Trinajstić information content (AvgIpc) is 3.10. The maximum absolute atomic E-state index is 12.1. The van der Waals surface area contributed by atoms with Crippen LogP contribution in [0.1, 0.15) is 10.6 Å². The highest BCUT2D eigenvalue weighted by molar-refractivity contribution is 6.53. The van der Waals surface area contributed by atoms with Crippen molar-refractivity contribution in [2.45, 2.75) is 6.29 Å². The number of ketones is 1. The lowest BCUT2D eigenvalue weighted by Gasteiger charge is -2.06. The van der Waals surface area contributed by atoms with Crippen LogP contribution >= 0.6 is 46.4 Å². The molecular weight excluding hydrogens is 350 g/mol. The summed E-state index contributed by atoms with van der Waals surface area (Å²) in [5, 5.41) is 0.134. The molecule has 1 aliphatic rings. The molecule has 0 saturated carbocycles. The van der Waals surface area contributed by atoms with Gasteiger partial charge in [0.15, 0.2) is 17.3 Å². The number of benzene rings is 1. The summed E-state index contributed by atoms with van der Waals surface area (Å²) in [4.78, 5) is 12.1. The number of Topliss-reactive ketones (excluding diaryl/α,β-unsaturated/α-hetero) is 1. The second-order valence-electron chi connectivity index (χ2n) is 3.82. The Bertz CT molecular complexity index is 659. The summed E-state index contributed by atoms with van der Waals surface area (Å²) in [6.07, 6.45) is 0.115. The van der Waals surface area contributed by atoms with E-state index in [9.17, 15) is 4.79 Å².